The number of pyridine rings is 1. The number of hydrogen-bond acceptors (Lipinski definition) is 5. The van der Waals surface area contributed by atoms with E-state index in [4.69, 9.17) is 5.73 Å². The quantitative estimate of drug-likeness (QED) is 0.786. The molecule has 1 fully saturated rings. The summed E-state index contributed by atoms with van der Waals surface area (Å²) in [6, 6.07) is 3.69. The highest BCUT2D eigenvalue weighted by Gasteiger charge is 2.24. The Labute approximate surface area is 99.8 Å². The molecule has 1 unspecified atom stereocenters. The number of carbonyl (C=O) groups excluding carboxylic acids is 1. The Bertz CT molecular complexity index is 410. The third-order valence-corrected chi connectivity index (χ3v) is 2.79. The first-order chi connectivity index (χ1) is 8.19. The Morgan fingerprint density at radius 1 is 1.71 bits per heavy atom. The lowest BCUT2D eigenvalue weighted by Gasteiger charge is -2.17. The molecular weight excluding hydrogens is 220 g/mol. The van der Waals surface area contributed by atoms with E-state index in [2.05, 4.69) is 19.9 Å². The second-order valence-corrected chi connectivity index (χ2v) is 4.01. The zero-order chi connectivity index (χ0) is 12.3. The summed E-state index contributed by atoms with van der Waals surface area (Å²) in [5, 5.41) is 2.78. The Balaban J connectivity index is 1.96. The van der Waals surface area contributed by atoms with Crippen LogP contribution in [0.4, 0.5) is 16.3 Å². The van der Waals surface area contributed by atoms with Crippen molar-refractivity contribution in [2.75, 3.05) is 30.8 Å². The number of carbonyl (C=O) groups is 1. The van der Waals surface area contributed by atoms with Gasteiger partial charge in [-0.05, 0) is 12.5 Å². The summed E-state index contributed by atoms with van der Waals surface area (Å²) in [5.74, 6) is 0.846. The number of ether oxygens (including phenoxy) is 1. The average Bonchev–Trinajstić information content (AvgIpc) is 2.77. The monoisotopic (exact) mass is 236 g/mol. The van der Waals surface area contributed by atoms with Gasteiger partial charge < -0.3 is 20.7 Å². The number of nitrogens with two attached hydrogens (primary N) is 1. The minimum Gasteiger partial charge on any atom is -0.453 e. The van der Waals surface area contributed by atoms with Crippen molar-refractivity contribution < 1.29 is 9.53 Å². The van der Waals surface area contributed by atoms with Crippen molar-refractivity contribution >= 4 is 17.6 Å². The molecular formula is C11H16N4O2. The van der Waals surface area contributed by atoms with Crippen LogP contribution in [0.25, 0.3) is 0 Å². The lowest BCUT2D eigenvalue weighted by atomic mass is 10.3. The van der Waals surface area contributed by atoms with Crippen molar-refractivity contribution in [1.29, 1.82) is 0 Å². The first kappa shape index (κ1) is 11.5. The number of methoxy groups -OCH3 is 1. The van der Waals surface area contributed by atoms with E-state index >= 15 is 0 Å². The van der Waals surface area contributed by atoms with E-state index in [1.54, 1.807) is 12.3 Å². The van der Waals surface area contributed by atoms with Crippen molar-refractivity contribution in [3.05, 3.63) is 18.3 Å². The Kier molecular flexibility index (Phi) is 3.32. The molecule has 1 aliphatic rings. The zero-order valence-electron chi connectivity index (χ0n) is 9.72. The van der Waals surface area contributed by atoms with Gasteiger partial charge in [0.2, 0.25) is 0 Å². The zero-order valence-corrected chi connectivity index (χ0v) is 9.72. The second kappa shape index (κ2) is 4.90. The molecule has 1 aromatic heterocycles. The van der Waals surface area contributed by atoms with E-state index in [-0.39, 0.29) is 6.04 Å². The summed E-state index contributed by atoms with van der Waals surface area (Å²) in [6.07, 6.45) is 2.18. The van der Waals surface area contributed by atoms with E-state index < -0.39 is 6.09 Å². The van der Waals surface area contributed by atoms with Gasteiger partial charge in [-0.2, -0.15) is 0 Å². The molecule has 0 aromatic carbocycles. The molecule has 92 valence electrons. The fourth-order valence-corrected chi connectivity index (χ4v) is 1.92. The average molecular weight is 236 g/mol. The number of anilines is 2. The van der Waals surface area contributed by atoms with Crippen LogP contribution in [0.1, 0.15) is 6.42 Å². The number of nitrogens with zero attached hydrogens (tertiary/aromatic N) is 2. The van der Waals surface area contributed by atoms with Crippen LogP contribution < -0.4 is 16.0 Å². The van der Waals surface area contributed by atoms with Crippen molar-refractivity contribution in [3.63, 3.8) is 0 Å². The van der Waals surface area contributed by atoms with Crippen molar-refractivity contribution in [2.45, 2.75) is 12.5 Å². The van der Waals surface area contributed by atoms with Crippen molar-refractivity contribution in [2.24, 2.45) is 0 Å². The number of nitrogens with one attached hydrogen (secondary N) is 1. The largest absolute Gasteiger partial charge is 0.453 e. The van der Waals surface area contributed by atoms with Crippen LogP contribution in [-0.2, 0) is 4.74 Å². The molecule has 1 aliphatic heterocycles. The summed E-state index contributed by atoms with van der Waals surface area (Å²) in [6.45, 7) is 1.58. The molecule has 6 heteroatoms. The minimum absolute atomic E-state index is 0.102. The number of amides is 1. The molecule has 0 spiro atoms. The third-order valence-electron chi connectivity index (χ3n) is 2.79. The third kappa shape index (κ3) is 2.77. The molecule has 2 heterocycles. The number of aromatic nitrogens is 1. The predicted octanol–water partition coefficient (Wildman–Crippen LogP) is 0.598. The predicted molar refractivity (Wildman–Crippen MR) is 64.8 cm³/mol. The normalized spacial score (nSPS) is 19.1. The maximum atomic E-state index is 11.1. The highest BCUT2D eigenvalue weighted by molar-refractivity contribution is 5.67. The van der Waals surface area contributed by atoms with Gasteiger partial charge in [-0.3, -0.25) is 0 Å². The molecule has 0 radical (unpaired) electrons. The summed E-state index contributed by atoms with van der Waals surface area (Å²) in [5.41, 5.74) is 6.40. The highest BCUT2D eigenvalue weighted by Crippen LogP contribution is 2.19. The van der Waals surface area contributed by atoms with Crippen LogP contribution in [0.15, 0.2) is 18.3 Å². The molecule has 2 rings (SSSR count). The molecule has 1 atom stereocenters. The van der Waals surface area contributed by atoms with Crippen LogP contribution in [0.2, 0.25) is 0 Å². The topological polar surface area (TPSA) is 80.5 Å². The lowest BCUT2D eigenvalue weighted by molar-refractivity contribution is 0.167. The van der Waals surface area contributed by atoms with Crippen LogP contribution in [0.3, 0.4) is 0 Å². The molecule has 1 saturated heterocycles. The standard InChI is InChI=1S/C11H16N4O2/c1-17-11(16)14-9-3-5-15(7-9)10-6-8(12)2-4-13-10/h2,4,6,9H,3,5,7H2,1H3,(H2,12,13)(H,14,16). The van der Waals surface area contributed by atoms with Gasteiger partial charge >= 0.3 is 6.09 Å². The first-order valence-corrected chi connectivity index (χ1v) is 5.50. The fraction of sp³-hybridized carbons (Fsp3) is 0.455. The molecule has 17 heavy (non-hydrogen) atoms. The Hall–Kier alpha value is -1.98. The Morgan fingerprint density at radius 2 is 2.53 bits per heavy atom. The highest BCUT2D eigenvalue weighted by atomic mass is 16.5. The maximum Gasteiger partial charge on any atom is 0.407 e. The van der Waals surface area contributed by atoms with Crippen LogP contribution in [0.5, 0.6) is 0 Å². The lowest BCUT2D eigenvalue weighted by Crippen LogP contribution is -2.37. The molecule has 1 amide bonds. The van der Waals surface area contributed by atoms with Gasteiger partial charge in [0.1, 0.15) is 5.82 Å². The van der Waals surface area contributed by atoms with Crippen LogP contribution in [0, 0.1) is 0 Å². The van der Waals surface area contributed by atoms with E-state index in [9.17, 15) is 4.79 Å². The molecule has 0 saturated carbocycles. The number of alkyl carbamates (subject to hydrolysis) is 1. The molecule has 0 aliphatic carbocycles. The maximum absolute atomic E-state index is 11.1. The Morgan fingerprint density at radius 3 is 3.24 bits per heavy atom. The van der Waals surface area contributed by atoms with Gasteiger partial charge in [-0.1, -0.05) is 0 Å². The SMILES string of the molecule is COC(=O)NC1CCN(c2cc(N)ccn2)C1. The van der Waals surface area contributed by atoms with Crippen LogP contribution >= 0.6 is 0 Å². The van der Waals surface area contributed by atoms with Gasteiger partial charge in [-0.15, -0.1) is 0 Å². The number of nitrogen functional groups attached to an aromatic ring is 1. The van der Waals surface area contributed by atoms with Gasteiger partial charge in [0.15, 0.2) is 0 Å². The molecule has 6 nitrogen and oxygen atoms in total. The molecule has 1 aromatic rings. The molecule has 0 bridgehead atoms. The second-order valence-electron chi connectivity index (χ2n) is 4.01. The summed E-state index contributed by atoms with van der Waals surface area (Å²) in [7, 11) is 1.36. The minimum atomic E-state index is -0.391. The van der Waals surface area contributed by atoms with Crippen molar-refractivity contribution in [1.82, 2.24) is 10.3 Å². The van der Waals surface area contributed by atoms with E-state index in [1.807, 2.05) is 6.07 Å². The number of hydrogen-bond donors (Lipinski definition) is 2. The molecule has 3 N–H and O–H groups in total. The van der Waals surface area contributed by atoms with Crippen LogP contribution in [-0.4, -0.2) is 37.3 Å². The fourth-order valence-electron chi connectivity index (χ4n) is 1.92. The number of rotatable bonds is 2. The summed E-state index contributed by atoms with van der Waals surface area (Å²) < 4.78 is 4.57. The van der Waals surface area contributed by atoms with E-state index in [0.29, 0.717) is 5.69 Å². The first-order valence-electron chi connectivity index (χ1n) is 5.50. The van der Waals surface area contributed by atoms with E-state index in [0.717, 1.165) is 25.3 Å². The summed E-state index contributed by atoms with van der Waals surface area (Å²) in [4.78, 5) is 17.4. The van der Waals surface area contributed by atoms with Gasteiger partial charge in [0.25, 0.3) is 0 Å². The van der Waals surface area contributed by atoms with Crippen molar-refractivity contribution in [3.8, 4) is 0 Å². The smallest absolute Gasteiger partial charge is 0.407 e. The van der Waals surface area contributed by atoms with Gasteiger partial charge in [-0.25, -0.2) is 9.78 Å². The van der Waals surface area contributed by atoms with Gasteiger partial charge in [0, 0.05) is 31.0 Å². The van der Waals surface area contributed by atoms with E-state index in [1.165, 1.54) is 7.11 Å². The van der Waals surface area contributed by atoms with Gasteiger partial charge in [0.05, 0.1) is 13.2 Å². The summed E-state index contributed by atoms with van der Waals surface area (Å²) >= 11 is 0.